The van der Waals surface area contributed by atoms with Crippen LogP contribution in [0.3, 0.4) is 0 Å². The fourth-order valence-corrected chi connectivity index (χ4v) is 2.93. The van der Waals surface area contributed by atoms with Gasteiger partial charge in [0.05, 0.1) is 0 Å². The van der Waals surface area contributed by atoms with Crippen LogP contribution in [0.1, 0.15) is 28.8 Å². The van der Waals surface area contributed by atoms with Crippen molar-refractivity contribution in [3.05, 3.63) is 64.7 Å². The van der Waals surface area contributed by atoms with Crippen LogP contribution in [0, 0.1) is 0 Å². The van der Waals surface area contributed by atoms with Crippen molar-refractivity contribution in [3.8, 4) is 5.75 Å². The van der Waals surface area contributed by atoms with E-state index in [0.717, 1.165) is 31.5 Å². The van der Waals surface area contributed by atoms with Gasteiger partial charge in [0.1, 0.15) is 12.4 Å². The van der Waals surface area contributed by atoms with E-state index >= 15 is 0 Å². The van der Waals surface area contributed by atoms with Crippen molar-refractivity contribution in [2.24, 2.45) is 0 Å². The molecule has 26 heavy (non-hydrogen) atoms. The molecule has 1 fully saturated rings. The van der Waals surface area contributed by atoms with Gasteiger partial charge in [0, 0.05) is 23.7 Å². The van der Waals surface area contributed by atoms with Crippen LogP contribution in [-0.4, -0.2) is 36.5 Å². The first-order valence-corrected chi connectivity index (χ1v) is 8.92. The molecule has 0 saturated carbocycles. The molecular weight excluding hydrogens is 354 g/mol. The number of ether oxygens (including phenoxy) is 2. The summed E-state index contributed by atoms with van der Waals surface area (Å²) in [4.78, 5) is 25.9. The number of nitrogens with zero attached hydrogens (tertiary/aromatic N) is 1. The summed E-state index contributed by atoms with van der Waals surface area (Å²) in [5, 5.41) is 0.541. The second-order valence-corrected chi connectivity index (χ2v) is 6.54. The van der Waals surface area contributed by atoms with Crippen LogP contribution in [0.15, 0.2) is 48.5 Å². The molecule has 6 heteroatoms. The van der Waals surface area contributed by atoms with Crippen LogP contribution in [0.4, 0.5) is 0 Å². The van der Waals surface area contributed by atoms with E-state index in [4.69, 9.17) is 21.1 Å². The Hall–Kier alpha value is -2.53. The smallest absolute Gasteiger partial charge is 0.344 e. The maximum Gasteiger partial charge on any atom is 0.344 e. The lowest BCUT2D eigenvalue weighted by molar-refractivity contribution is -0.147. The van der Waals surface area contributed by atoms with Crippen molar-refractivity contribution < 1.29 is 19.1 Å². The van der Waals surface area contributed by atoms with Crippen molar-refractivity contribution in [1.82, 2.24) is 4.90 Å². The number of likely N-dealkylation sites (tertiary alicyclic amines) is 1. The molecular formula is C20H20ClNO4. The van der Waals surface area contributed by atoms with Gasteiger partial charge >= 0.3 is 5.97 Å². The number of carbonyl (C=O) groups is 2. The van der Waals surface area contributed by atoms with Crippen molar-refractivity contribution >= 4 is 23.5 Å². The van der Waals surface area contributed by atoms with E-state index in [0.29, 0.717) is 16.3 Å². The van der Waals surface area contributed by atoms with Crippen LogP contribution in [0.5, 0.6) is 5.75 Å². The summed E-state index contributed by atoms with van der Waals surface area (Å²) < 4.78 is 10.5. The standard InChI is InChI=1S/C20H20ClNO4/c21-17-4-3-5-18(12-17)25-14-19(23)26-13-15-6-8-16(9-7-15)20(24)22-10-1-2-11-22/h3-9,12H,1-2,10-11,13-14H2. The molecule has 0 aliphatic carbocycles. The van der Waals surface area contributed by atoms with Crippen molar-refractivity contribution in [2.75, 3.05) is 19.7 Å². The Morgan fingerprint density at radius 1 is 1.04 bits per heavy atom. The number of hydrogen-bond donors (Lipinski definition) is 0. The Morgan fingerprint density at radius 2 is 1.77 bits per heavy atom. The van der Waals surface area contributed by atoms with E-state index in [1.807, 2.05) is 4.90 Å². The van der Waals surface area contributed by atoms with Crippen molar-refractivity contribution in [2.45, 2.75) is 19.4 Å². The number of halogens is 1. The molecule has 1 aliphatic rings. The molecule has 0 unspecified atom stereocenters. The van der Waals surface area contributed by atoms with E-state index < -0.39 is 5.97 Å². The van der Waals surface area contributed by atoms with Crippen molar-refractivity contribution in [1.29, 1.82) is 0 Å². The lowest BCUT2D eigenvalue weighted by atomic mass is 10.1. The zero-order valence-electron chi connectivity index (χ0n) is 14.3. The Bertz CT molecular complexity index is 770. The van der Waals surface area contributed by atoms with Gasteiger partial charge in [-0.05, 0) is 48.7 Å². The molecule has 1 saturated heterocycles. The molecule has 1 amide bonds. The van der Waals surface area contributed by atoms with Crippen LogP contribution in [0.25, 0.3) is 0 Å². The summed E-state index contributed by atoms with van der Waals surface area (Å²) in [6.07, 6.45) is 2.13. The fraction of sp³-hybridized carbons (Fsp3) is 0.300. The van der Waals surface area contributed by atoms with Gasteiger partial charge in [0.15, 0.2) is 6.61 Å². The normalized spacial score (nSPS) is 13.5. The Morgan fingerprint density at radius 3 is 2.46 bits per heavy atom. The molecule has 2 aromatic rings. The monoisotopic (exact) mass is 373 g/mol. The Labute approximate surface area is 157 Å². The molecule has 0 bridgehead atoms. The first-order valence-electron chi connectivity index (χ1n) is 8.54. The number of benzene rings is 2. The average molecular weight is 374 g/mol. The van der Waals surface area contributed by atoms with Gasteiger partial charge in [0.2, 0.25) is 0 Å². The SMILES string of the molecule is O=C(COc1cccc(Cl)c1)OCc1ccc(C(=O)N2CCCC2)cc1. The van der Waals surface area contributed by atoms with E-state index in [1.165, 1.54) is 0 Å². The van der Waals surface area contributed by atoms with Crippen LogP contribution in [0.2, 0.25) is 5.02 Å². The molecule has 0 spiro atoms. The molecule has 0 atom stereocenters. The Kier molecular flexibility index (Phi) is 6.12. The zero-order valence-corrected chi connectivity index (χ0v) is 15.1. The number of amides is 1. The summed E-state index contributed by atoms with van der Waals surface area (Å²) in [5.74, 6) is 0.0994. The summed E-state index contributed by atoms with van der Waals surface area (Å²) in [5.41, 5.74) is 1.48. The fourth-order valence-electron chi connectivity index (χ4n) is 2.75. The molecule has 0 aromatic heterocycles. The number of rotatable bonds is 6. The summed E-state index contributed by atoms with van der Waals surface area (Å²) >= 11 is 5.85. The third-order valence-electron chi connectivity index (χ3n) is 4.15. The first-order chi connectivity index (χ1) is 12.6. The van der Waals surface area contributed by atoms with Crippen molar-refractivity contribution in [3.63, 3.8) is 0 Å². The van der Waals surface area contributed by atoms with Gasteiger partial charge in [0.25, 0.3) is 5.91 Å². The van der Waals surface area contributed by atoms with Gasteiger partial charge < -0.3 is 14.4 Å². The number of hydrogen-bond acceptors (Lipinski definition) is 4. The topological polar surface area (TPSA) is 55.8 Å². The average Bonchev–Trinajstić information content (AvgIpc) is 3.19. The maximum atomic E-state index is 12.3. The van der Waals surface area contributed by atoms with Gasteiger partial charge in [-0.15, -0.1) is 0 Å². The third kappa shape index (κ3) is 4.99. The second-order valence-electron chi connectivity index (χ2n) is 6.10. The highest BCUT2D eigenvalue weighted by Gasteiger charge is 2.19. The number of carbonyl (C=O) groups excluding carboxylic acids is 2. The Balaban J connectivity index is 1.45. The molecule has 1 heterocycles. The van der Waals surface area contributed by atoms with Crippen LogP contribution < -0.4 is 4.74 Å². The third-order valence-corrected chi connectivity index (χ3v) is 4.38. The highest BCUT2D eigenvalue weighted by molar-refractivity contribution is 6.30. The lowest BCUT2D eigenvalue weighted by Crippen LogP contribution is -2.27. The predicted octanol–water partition coefficient (Wildman–Crippen LogP) is 3.70. The van der Waals surface area contributed by atoms with Gasteiger partial charge in [-0.2, -0.15) is 0 Å². The largest absolute Gasteiger partial charge is 0.482 e. The lowest BCUT2D eigenvalue weighted by Gasteiger charge is -2.15. The quantitative estimate of drug-likeness (QED) is 0.724. The molecule has 1 aliphatic heterocycles. The first kappa shape index (κ1) is 18.3. The van der Waals surface area contributed by atoms with E-state index in [1.54, 1.807) is 48.5 Å². The molecule has 3 rings (SSSR count). The molecule has 5 nitrogen and oxygen atoms in total. The van der Waals surface area contributed by atoms with E-state index in [9.17, 15) is 9.59 Å². The second kappa shape index (κ2) is 8.72. The summed E-state index contributed by atoms with van der Waals surface area (Å²) in [6, 6.07) is 14.0. The van der Waals surface area contributed by atoms with E-state index in [-0.39, 0.29) is 19.1 Å². The van der Waals surface area contributed by atoms with Crippen LogP contribution >= 0.6 is 11.6 Å². The summed E-state index contributed by atoms with van der Waals surface area (Å²) in [7, 11) is 0. The van der Waals surface area contributed by atoms with Crippen LogP contribution in [-0.2, 0) is 16.1 Å². The minimum Gasteiger partial charge on any atom is -0.482 e. The van der Waals surface area contributed by atoms with Gasteiger partial charge in [-0.3, -0.25) is 4.79 Å². The molecule has 2 aromatic carbocycles. The minimum absolute atomic E-state index is 0.0565. The molecule has 0 radical (unpaired) electrons. The number of esters is 1. The molecule has 136 valence electrons. The van der Waals surface area contributed by atoms with Gasteiger partial charge in [-0.25, -0.2) is 4.79 Å². The highest BCUT2D eigenvalue weighted by Crippen LogP contribution is 2.17. The maximum absolute atomic E-state index is 12.3. The highest BCUT2D eigenvalue weighted by atomic mass is 35.5. The molecule has 0 N–H and O–H groups in total. The predicted molar refractivity (Wildman–Crippen MR) is 98.3 cm³/mol. The zero-order chi connectivity index (χ0) is 18.4. The minimum atomic E-state index is -0.470. The summed E-state index contributed by atoms with van der Waals surface area (Å²) in [6.45, 7) is 1.59. The van der Waals surface area contributed by atoms with E-state index in [2.05, 4.69) is 0 Å². The van der Waals surface area contributed by atoms with Gasteiger partial charge in [-0.1, -0.05) is 29.8 Å².